The molecular weight excluding hydrogens is 867 g/mol. The zero-order chi connectivity index (χ0) is 37.1. The molecule has 0 saturated heterocycles. The van der Waals surface area contributed by atoms with Crippen molar-refractivity contribution in [3.05, 3.63) is 138 Å². The summed E-state index contributed by atoms with van der Waals surface area (Å²) >= 11 is 0. The number of fused-ring (bicyclic) bond motifs is 3. The van der Waals surface area contributed by atoms with E-state index < -0.39 is 19.7 Å². The van der Waals surface area contributed by atoms with Gasteiger partial charge in [-0.1, -0.05) is 118 Å². The molecule has 1 fully saturated rings. The van der Waals surface area contributed by atoms with Gasteiger partial charge in [0.05, 0.1) is 13.7 Å². The van der Waals surface area contributed by atoms with Gasteiger partial charge >= 0.3 is 0 Å². The van der Waals surface area contributed by atoms with E-state index in [1.807, 2.05) is 54.7 Å². The molecule has 0 N–H and O–H groups in total. The minimum absolute atomic E-state index is 0. The molecule has 1 saturated carbocycles. The number of rotatable bonds is 7. The van der Waals surface area contributed by atoms with E-state index in [1.165, 1.54) is 54.5 Å². The third-order valence-corrected chi connectivity index (χ3v) is 12.4. The van der Waals surface area contributed by atoms with Crippen molar-refractivity contribution in [1.82, 2.24) is 9.97 Å². The molecule has 1 aliphatic carbocycles. The molecule has 279 valence electrons. The maximum absolute atomic E-state index is 13.8. The third-order valence-electron chi connectivity index (χ3n) is 10.4. The van der Waals surface area contributed by atoms with Gasteiger partial charge in [-0.05, 0) is 70.2 Å². The Bertz CT molecular complexity index is 2360. The zero-order valence-electron chi connectivity index (χ0n) is 31.6. The molecule has 0 spiro atoms. The van der Waals surface area contributed by atoms with Gasteiger partial charge < -0.3 is 14.4 Å². The summed E-state index contributed by atoms with van der Waals surface area (Å²) in [5.74, 6) is -0.429. The van der Waals surface area contributed by atoms with E-state index in [0.29, 0.717) is 17.1 Å². The number of nitrogens with zero attached hydrogens (tertiary/aromatic N) is 2. The Morgan fingerprint density at radius 3 is 2.28 bits per heavy atom. The molecule has 4 aromatic carbocycles. The van der Waals surface area contributed by atoms with Crippen molar-refractivity contribution >= 4 is 35.2 Å². The Labute approximate surface area is 332 Å². The number of furan rings is 1. The van der Waals surface area contributed by atoms with Crippen molar-refractivity contribution in [2.45, 2.75) is 77.9 Å². The van der Waals surface area contributed by atoms with Crippen LogP contribution in [0.2, 0.25) is 19.6 Å². The fourth-order valence-corrected chi connectivity index (χ4v) is 9.20. The quantitative estimate of drug-likeness (QED) is 0.118. The van der Waals surface area contributed by atoms with Crippen LogP contribution in [-0.4, -0.2) is 18.0 Å². The fraction of sp³-hybridized carbons (Fsp3) is 0.277. The second-order valence-corrected chi connectivity index (χ2v) is 20.7. The van der Waals surface area contributed by atoms with Crippen molar-refractivity contribution < 1.29 is 33.3 Å². The largest absolute Gasteiger partial charge is 0.501 e. The van der Waals surface area contributed by atoms with Gasteiger partial charge in [-0.2, -0.15) is 0 Å². The Morgan fingerprint density at radius 2 is 1.56 bits per heavy atom. The van der Waals surface area contributed by atoms with Crippen LogP contribution in [0.3, 0.4) is 0 Å². The third kappa shape index (κ3) is 8.81. The van der Waals surface area contributed by atoms with E-state index in [1.54, 1.807) is 6.07 Å². The molecule has 54 heavy (non-hydrogen) atoms. The van der Waals surface area contributed by atoms with Crippen molar-refractivity contribution in [3.8, 4) is 33.6 Å². The van der Waals surface area contributed by atoms with E-state index in [9.17, 15) is 8.78 Å². The van der Waals surface area contributed by atoms with E-state index >= 15 is 0 Å². The topological polar surface area (TPSA) is 38.9 Å². The molecule has 3 nitrogen and oxygen atoms in total. The standard InChI is InChI=1S/C30H24F2NO.C17H22NSi.Ir/c31-26-12-10-21(17-27(26)32)22-9-11-23-24-7-4-8-25(30(24)34-29(23)18-22)28-16-20(13-14-33-28)15-19-5-2-1-3-6-19;1-13(2)15-11-16(14-9-7-6-8-10-14)18-12-17(15)19(3,4)5;/h4,7,9-14,16-19H,1-3,5-6,15H2;6-9,11-13H,1-5H3;/q2*-1;. The average Bonchev–Trinajstić information content (AvgIpc) is 3.55. The predicted molar refractivity (Wildman–Crippen MR) is 217 cm³/mol. The van der Waals surface area contributed by atoms with Crippen LogP contribution in [0.5, 0.6) is 0 Å². The van der Waals surface area contributed by atoms with E-state index in [2.05, 4.69) is 86.1 Å². The summed E-state index contributed by atoms with van der Waals surface area (Å²) < 4.78 is 33.4. The first-order chi connectivity index (χ1) is 25.5. The molecule has 0 amide bonds. The number of benzene rings is 4. The van der Waals surface area contributed by atoms with Gasteiger partial charge in [0.25, 0.3) is 0 Å². The van der Waals surface area contributed by atoms with E-state index in [4.69, 9.17) is 4.42 Å². The van der Waals surface area contributed by atoms with Crippen molar-refractivity contribution in [2.75, 3.05) is 0 Å². The van der Waals surface area contributed by atoms with Crippen molar-refractivity contribution in [1.29, 1.82) is 0 Å². The van der Waals surface area contributed by atoms with Gasteiger partial charge in [0, 0.05) is 37.9 Å². The molecular formula is C47H46F2IrN2OSi-2. The molecule has 7 aromatic rings. The smallest absolute Gasteiger partial charge is 0.159 e. The van der Waals surface area contributed by atoms with Gasteiger partial charge in [-0.15, -0.1) is 54.1 Å². The minimum Gasteiger partial charge on any atom is -0.501 e. The Hall–Kier alpha value is -4.29. The Morgan fingerprint density at radius 1 is 0.778 bits per heavy atom. The van der Waals surface area contributed by atoms with Crippen LogP contribution < -0.4 is 5.19 Å². The molecule has 7 heteroatoms. The SMILES string of the molecule is CC(C)c1cc(-c2[c-]cccc2)ncc1[Si](C)(C)C.Fc1ccc(-c2ccc3c(c2)oc2c(-c4cc(CC5CCCCC5)ccn4)[c-]ccc23)cc1F.[Ir]. The first-order valence-corrected chi connectivity index (χ1v) is 22.3. The Balaban J connectivity index is 0.000000213. The molecule has 8 rings (SSSR count). The summed E-state index contributed by atoms with van der Waals surface area (Å²) in [6.45, 7) is 11.7. The molecule has 3 aromatic heterocycles. The number of aromatic nitrogens is 2. The van der Waals surface area contributed by atoms with Crippen LogP contribution in [0.1, 0.15) is 63.0 Å². The summed E-state index contributed by atoms with van der Waals surface area (Å²) in [6.07, 6.45) is 11.7. The van der Waals surface area contributed by atoms with Crippen LogP contribution in [0.4, 0.5) is 8.78 Å². The first kappa shape index (κ1) is 39.4. The second-order valence-electron chi connectivity index (χ2n) is 15.6. The number of hydrogen-bond donors (Lipinski definition) is 0. The molecule has 1 aliphatic rings. The van der Waals surface area contributed by atoms with Crippen LogP contribution in [0, 0.1) is 29.7 Å². The van der Waals surface area contributed by atoms with Gasteiger partial charge in [-0.3, -0.25) is 0 Å². The zero-order valence-corrected chi connectivity index (χ0v) is 35.0. The maximum Gasteiger partial charge on any atom is 0.159 e. The average molecular weight is 913 g/mol. The van der Waals surface area contributed by atoms with Gasteiger partial charge in [-0.25, -0.2) is 8.78 Å². The van der Waals surface area contributed by atoms with E-state index in [0.717, 1.165) is 62.8 Å². The monoisotopic (exact) mass is 913 g/mol. The normalized spacial score (nSPS) is 13.5. The molecule has 3 heterocycles. The molecule has 0 atom stereocenters. The summed E-state index contributed by atoms with van der Waals surface area (Å²) in [5.41, 5.74) is 9.36. The fourth-order valence-electron chi connectivity index (χ4n) is 7.52. The molecule has 0 aliphatic heterocycles. The number of halogens is 2. The van der Waals surface area contributed by atoms with Gasteiger partial charge in [0.1, 0.15) is 5.58 Å². The summed E-state index contributed by atoms with van der Waals surface area (Å²) in [4.78, 5) is 9.30. The first-order valence-electron chi connectivity index (χ1n) is 18.8. The van der Waals surface area contributed by atoms with Crippen LogP contribution >= 0.6 is 0 Å². The summed E-state index contributed by atoms with van der Waals surface area (Å²) in [7, 11) is -1.34. The summed E-state index contributed by atoms with van der Waals surface area (Å²) in [6, 6.07) is 34.7. The number of hydrogen-bond acceptors (Lipinski definition) is 3. The Kier molecular flexibility index (Phi) is 12.4. The van der Waals surface area contributed by atoms with E-state index in [-0.39, 0.29) is 20.1 Å². The molecule has 1 radical (unpaired) electrons. The molecule has 0 unspecified atom stereocenters. The maximum atomic E-state index is 13.8. The van der Waals surface area contributed by atoms with Crippen LogP contribution in [0.25, 0.3) is 55.6 Å². The second kappa shape index (κ2) is 17.0. The molecule has 0 bridgehead atoms. The predicted octanol–water partition coefficient (Wildman–Crippen LogP) is 12.7. The minimum atomic E-state index is -1.34. The van der Waals surface area contributed by atoms with Gasteiger partial charge in [0.15, 0.2) is 11.6 Å². The van der Waals surface area contributed by atoms with Crippen LogP contribution in [-0.2, 0) is 26.5 Å². The van der Waals surface area contributed by atoms with Crippen molar-refractivity contribution in [3.63, 3.8) is 0 Å². The van der Waals surface area contributed by atoms with Crippen molar-refractivity contribution in [2.24, 2.45) is 5.92 Å². The van der Waals surface area contributed by atoms with Crippen LogP contribution in [0.15, 0.2) is 108 Å². The van der Waals surface area contributed by atoms with Gasteiger partial charge in [0.2, 0.25) is 0 Å². The number of pyridine rings is 2. The summed E-state index contributed by atoms with van der Waals surface area (Å²) in [5, 5.41) is 3.43.